The Balaban J connectivity index is 2.29. The van der Waals surface area contributed by atoms with Crippen LogP contribution >= 0.6 is 11.3 Å². The zero-order chi connectivity index (χ0) is 12.3. The number of ether oxygens (including phenoxy) is 1. The summed E-state index contributed by atoms with van der Waals surface area (Å²) in [6.45, 7) is 0. The quantitative estimate of drug-likeness (QED) is 0.899. The van der Waals surface area contributed by atoms with Crippen molar-refractivity contribution in [2.75, 3.05) is 0 Å². The van der Waals surface area contributed by atoms with Crippen LogP contribution in [-0.4, -0.2) is 16.1 Å². The van der Waals surface area contributed by atoms with Crippen molar-refractivity contribution in [2.24, 2.45) is 0 Å². The fraction of sp³-hybridized carbons (Fsp3) is 0. The van der Waals surface area contributed by atoms with Crippen LogP contribution in [0.1, 0.15) is 15.2 Å². The number of rotatable bonds is 3. The average Bonchev–Trinajstić information content (AvgIpc) is 2.77. The van der Waals surface area contributed by atoms with E-state index in [2.05, 4.69) is 4.98 Å². The van der Waals surface area contributed by atoms with Crippen LogP contribution in [0.2, 0.25) is 0 Å². The molecule has 5 nitrogen and oxygen atoms in total. The molecule has 0 fully saturated rings. The number of hydrogen-bond acceptors (Lipinski definition) is 5. The number of benzene rings is 1. The first-order valence-corrected chi connectivity index (χ1v) is 5.43. The third kappa shape index (κ3) is 2.41. The van der Waals surface area contributed by atoms with Gasteiger partial charge in [0.1, 0.15) is 5.75 Å². The summed E-state index contributed by atoms with van der Waals surface area (Å²) >= 11 is 0.986. The van der Waals surface area contributed by atoms with E-state index in [1.54, 1.807) is 18.2 Å². The molecule has 0 amide bonds. The van der Waals surface area contributed by atoms with Crippen LogP contribution in [-0.2, 0) is 0 Å². The predicted molar refractivity (Wildman–Crippen MR) is 60.3 cm³/mol. The number of carboxylic acid groups (broad SMARTS) is 1. The molecule has 1 aromatic carbocycles. The molecule has 2 rings (SSSR count). The van der Waals surface area contributed by atoms with Gasteiger partial charge in [0.05, 0.1) is 17.1 Å². The van der Waals surface area contributed by atoms with Gasteiger partial charge in [-0.1, -0.05) is 6.07 Å². The highest BCUT2D eigenvalue weighted by molar-refractivity contribution is 7.12. The third-order valence-corrected chi connectivity index (χ3v) is 2.70. The van der Waals surface area contributed by atoms with Crippen molar-refractivity contribution in [1.82, 2.24) is 4.98 Å². The monoisotopic (exact) mass is 246 g/mol. The Morgan fingerprint density at radius 3 is 3.06 bits per heavy atom. The zero-order valence-electron chi connectivity index (χ0n) is 8.45. The number of aromatic nitrogens is 1. The topological polar surface area (TPSA) is 83.2 Å². The van der Waals surface area contributed by atoms with Crippen LogP contribution in [0.4, 0.5) is 0 Å². The fourth-order valence-electron chi connectivity index (χ4n) is 1.19. The molecule has 6 heteroatoms. The Morgan fingerprint density at radius 2 is 2.35 bits per heavy atom. The van der Waals surface area contributed by atoms with Crippen molar-refractivity contribution >= 4 is 17.3 Å². The van der Waals surface area contributed by atoms with Crippen LogP contribution in [0.25, 0.3) is 0 Å². The lowest BCUT2D eigenvalue weighted by Gasteiger charge is -2.03. The molecule has 0 saturated carbocycles. The lowest BCUT2D eigenvalue weighted by molar-refractivity contribution is 0.0699. The van der Waals surface area contributed by atoms with Gasteiger partial charge in [-0.2, -0.15) is 5.26 Å². The van der Waals surface area contributed by atoms with Crippen molar-refractivity contribution in [3.63, 3.8) is 0 Å². The van der Waals surface area contributed by atoms with Gasteiger partial charge in [0.25, 0.3) is 0 Å². The van der Waals surface area contributed by atoms with Crippen LogP contribution in [0, 0.1) is 11.3 Å². The number of nitriles is 1. The first-order chi connectivity index (χ1) is 8.20. The highest BCUT2D eigenvalue weighted by atomic mass is 32.1. The second kappa shape index (κ2) is 4.63. The molecule has 0 aliphatic carbocycles. The molecule has 0 spiro atoms. The summed E-state index contributed by atoms with van der Waals surface area (Å²) in [7, 11) is 0. The normalized spacial score (nSPS) is 9.59. The van der Waals surface area contributed by atoms with E-state index in [-0.39, 0.29) is 10.8 Å². The molecule has 0 aliphatic rings. The molecule has 1 N–H and O–H groups in total. The van der Waals surface area contributed by atoms with Crippen LogP contribution in [0.15, 0.2) is 29.8 Å². The van der Waals surface area contributed by atoms with Gasteiger partial charge in [-0.25, -0.2) is 9.78 Å². The number of carboxylic acids is 1. The Hall–Kier alpha value is -2.39. The summed E-state index contributed by atoms with van der Waals surface area (Å²) in [5.74, 6) is -0.658. The molecule has 2 aromatic rings. The van der Waals surface area contributed by atoms with Crippen molar-refractivity contribution in [2.45, 2.75) is 0 Å². The molecular formula is C11H6N2O3S. The van der Waals surface area contributed by atoms with E-state index < -0.39 is 5.97 Å². The highest BCUT2D eigenvalue weighted by Crippen LogP contribution is 2.27. The van der Waals surface area contributed by atoms with Crippen molar-refractivity contribution in [3.05, 3.63) is 40.2 Å². The smallest absolute Gasteiger partial charge is 0.351 e. The minimum atomic E-state index is -1.08. The summed E-state index contributed by atoms with van der Waals surface area (Å²) in [6.07, 6.45) is 0. The summed E-state index contributed by atoms with van der Waals surface area (Å²) in [6, 6.07) is 8.40. The lowest BCUT2D eigenvalue weighted by Crippen LogP contribution is -1.96. The summed E-state index contributed by atoms with van der Waals surface area (Å²) in [5.41, 5.74) is 1.84. The van der Waals surface area contributed by atoms with E-state index in [1.165, 1.54) is 11.6 Å². The maximum atomic E-state index is 10.8. The average molecular weight is 246 g/mol. The van der Waals surface area contributed by atoms with E-state index in [0.717, 1.165) is 11.3 Å². The van der Waals surface area contributed by atoms with Gasteiger partial charge in [0, 0.05) is 0 Å². The van der Waals surface area contributed by atoms with Gasteiger partial charge in [0.2, 0.25) is 5.88 Å². The molecular weight excluding hydrogens is 240 g/mol. The molecule has 1 heterocycles. The first kappa shape index (κ1) is 11.1. The minimum absolute atomic E-state index is 0.0346. The van der Waals surface area contributed by atoms with E-state index in [4.69, 9.17) is 15.1 Å². The lowest BCUT2D eigenvalue weighted by atomic mass is 10.2. The molecule has 0 radical (unpaired) electrons. The Labute approximate surface area is 101 Å². The van der Waals surface area contributed by atoms with Gasteiger partial charge >= 0.3 is 5.97 Å². The van der Waals surface area contributed by atoms with Gasteiger partial charge in [-0.3, -0.25) is 0 Å². The summed E-state index contributed by atoms with van der Waals surface area (Å²) in [5, 5.41) is 17.6. The van der Waals surface area contributed by atoms with E-state index in [9.17, 15) is 4.79 Å². The molecule has 0 bridgehead atoms. The van der Waals surface area contributed by atoms with Gasteiger partial charge in [0.15, 0.2) is 4.88 Å². The first-order valence-electron chi connectivity index (χ1n) is 4.55. The van der Waals surface area contributed by atoms with Crippen molar-refractivity contribution < 1.29 is 14.6 Å². The van der Waals surface area contributed by atoms with E-state index >= 15 is 0 Å². The van der Waals surface area contributed by atoms with Gasteiger partial charge in [-0.15, -0.1) is 11.3 Å². The third-order valence-electron chi connectivity index (χ3n) is 1.91. The zero-order valence-corrected chi connectivity index (χ0v) is 9.27. The maximum Gasteiger partial charge on any atom is 0.351 e. The van der Waals surface area contributed by atoms with Crippen LogP contribution in [0.3, 0.4) is 0 Å². The number of nitrogens with zero attached hydrogens (tertiary/aromatic N) is 2. The number of thiazole rings is 1. The molecule has 0 unspecified atom stereocenters. The molecule has 0 aliphatic heterocycles. The van der Waals surface area contributed by atoms with E-state index in [1.807, 2.05) is 6.07 Å². The second-order valence-electron chi connectivity index (χ2n) is 3.03. The number of aromatic carboxylic acids is 1. The van der Waals surface area contributed by atoms with E-state index in [0.29, 0.717) is 11.3 Å². The van der Waals surface area contributed by atoms with Gasteiger partial charge in [-0.05, 0) is 18.2 Å². The summed E-state index contributed by atoms with van der Waals surface area (Å²) in [4.78, 5) is 14.7. The Morgan fingerprint density at radius 1 is 1.53 bits per heavy atom. The van der Waals surface area contributed by atoms with Gasteiger partial charge < -0.3 is 9.84 Å². The Kier molecular flexibility index (Phi) is 3.03. The SMILES string of the molecule is N#Cc1cccc(Oc2ncsc2C(=O)O)c1. The van der Waals surface area contributed by atoms with Crippen molar-refractivity contribution in [3.8, 4) is 17.7 Å². The number of hydrogen-bond donors (Lipinski definition) is 1. The fourth-order valence-corrected chi connectivity index (χ4v) is 1.74. The van der Waals surface area contributed by atoms with Crippen molar-refractivity contribution in [1.29, 1.82) is 5.26 Å². The maximum absolute atomic E-state index is 10.8. The summed E-state index contributed by atoms with van der Waals surface area (Å²) < 4.78 is 5.32. The molecule has 17 heavy (non-hydrogen) atoms. The molecule has 0 atom stereocenters. The number of carbonyl (C=O) groups is 1. The predicted octanol–water partition coefficient (Wildman–Crippen LogP) is 2.51. The van der Waals surface area contributed by atoms with Crippen LogP contribution in [0.5, 0.6) is 11.6 Å². The molecule has 84 valence electrons. The minimum Gasteiger partial charge on any atom is -0.477 e. The highest BCUT2D eigenvalue weighted by Gasteiger charge is 2.15. The Bertz CT molecular complexity index is 601. The largest absolute Gasteiger partial charge is 0.477 e. The molecule has 1 aromatic heterocycles. The van der Waals surface area contributed by atoms with Crippen LogP contribution < -0.4 is 4.74 Å². The standard InChI is InChI=1S/C11H6N2O3S/c12-5-7-2-1-3-8(4-7)16-10-9(11(14)15)17-6-13-10/h1-4,6H,(H,14,15). The molecule has 0 saturated heterocycles. The second-order valence-corrected chi connectivity index (χ2v) is 3.89.